The first-order valence-electron chi connectivity index (χ1n) is 7.34. The summed E-state index contributed by atoms with van der Waals surface area (Å²) in [5, 5.41) is 0.185. The molecule has 0 aliphatic carbocycles. The van der Waals surface area contributed by atoms with Crippen LogP contribution in [0.15, 0.2) is 47.4 Å². The molecule has 0 aromatic heterocycles. The molecule has 3 rings (SSSR count). The van der Waals surface area contributed by atoms with Crippen LogP contribution < -0.4 is 4.72 Å². The third-order valence-electron chi connectivity index (χ3n) is 3.54. The number of halogens is 2. The van der Waals surface area contributed by atoms with Gasteiger partial charge in [-0.3, -0.25) is 9.59 Å². The van der Waals surface area contributed by atoms with Gasteiger partial charge in [-0.05, 0) is 24.3 Å². The summed E-state index contributed by atoms with van der Waals surface area (Å²) < 4.78 is 52.8. The minimum absolute atomic E-state index is 0.0179. The zero-order valence-corrected chi connectivity index (χ0v) is 14.1. The van der Waals surface area contributed by atoms with Crippen molar-refractivity contribution in [2.24, 2.45) is 0 Å². The summed E-state index contributed by atoms with van der Waals surface area (Å²) in [6, 6.07) is 8.16. The molecule has 1 aliphatic heterocycles. The topological polar surface area (TPSA) is 110 Å². The van der Waals surface area contributed by atoms with Crippen LogP contribution in [0.2, 0.25) is 0 Å². The van der Waals surface area contributed by atoms with Crippen molar-refractivity contribution in [2.75, 3.05) is 6.54 Å². The van der Waals surface area contributed by atoms with Crippen LogP contribution in [0.1, 0.15) is 20.7 Å². The predicted molar refractivity (Wildman–Crippen MR) is 84.6 cm³/mol. The highest BCUT2D eigenvalue weighted by molar-refractivity contribution is 7.89. The van der Waals surface area contributed by atoms with E-state index in [4.69, 9.17) is 0 Å². The Morgan fingerprint density at radius 3 is 2.00 bits per heavy atom. The summed E-state index contributed by atoms with van der Waals surface area (Å²) in [5.74, 6) is -5.82. The lowest BCUT2D eigenvalue weighted by Crippen LogP contribution is -2.38. The molecule has 1 aliphatic rings. The minimum atomic E-state index is -4.72. The Labute approximate surface area is 151 Å². The molecule has 1 heterocycles. The molecule has 27 heavy (non-hydrogen) atoms. The molecule has 2 aromatic carbocycles. The highest BCUT2D eigenvalue weighted by Gasteiger charge is 2.38. The van der Waals surface area contributed by atoms with E-state index in [1.54, 1.807) is 4.72 Å². The number of amides is 2. The van der Waals surface area contributed by atoms with Crippen LogP contribution in [0.4, 0.5) is 8.78 Å². The van der Waals surface area contributed by atoms with E-state index in [9.17, 15) is 31.6 Å². The first-order chi connectivity index (χ1) is 12.7. The van der Waals surface area contributed by atoms with Gasteiger partial charge in [0.15, 0.2) is 4.90 Å². The average Bonchev–Trinajstić information content (AvgIpc) is 2.85. The molecule has 0 atom stereocenters. The predicted octanol–water partition coefficient (Wildman–Crippen LogP) is 0.998. The first kappa shape index (κ1) is 18.6. The van der Waals surface area contributed by atoms with E-state index in [0.29, 0.717) is 0 Å². The third-order valence-corrected chi connectivity index (χ3v) is 5.00. The van der Waals surface area contributed by atoms with E-state index in [1.807, 2.05) is 0 Å². The number of sulfonamides is 1. The van der Waals surface area contributed by atoms with Crippen LogP contribution in [-0.4, -0.2) is 37.8 Å². The number of hydrogen-bond donors (Lipinski definition) is 1. The minimum Gasteiger partial charge on any atom is -0.328 e. The Morgan fingerprint density at radius 1 is 0.963 bits per heavy atom. The maximum absolute atomic E-state index is 13.6. The second-order valence-electron chi connectivity index (χ2n) is 5.29. The lowest BCUT2D eigenvalue weighted by molar-refractivity contribution is -0.166. The van der Waals surface area contributed by atoms with Gasteiger partial charge in [0.2, 0.25) is 10.0 Å². The van der Waals surface area contributed by atoms with E-state index in [1.165, 1.54) is 24.3 Å². The zero-order valence-electron chi connectivity index (χ0n) is 13.3. The number of imide groups is 1. The molecular formula is C16H10F2N2O6S. The normalized spacial score (nSPS) is 13.6. The van der Waals surface area contributed by atoms with Crippen molar-refractivity contribution in [1.29, 1.82) is 0 Å². The highest BCUT2D eigenvalue weighted by atomic mass is 32.2. The van der Waals surface area contributed by atoms with E-state index in [0.717, 1.165) is 18.2 Å². The van der Waals surface area contributed by atoms with E-state index < -0.39 is 50.9 Å². The van der Waals surface area contributed by atoms with Gasteiger partial charge >= 0.3 is 5.97 Å². The number of fused-ring (bicyclic) bond motifs is 1. The number of hydrogen-bond acceptors (Lipinski definition) is 6. The van der Waals surface area contributed by atoms with E-state index >= 15 is 0 Å². The molecule has 1 N–H and O–H groups in total. The van der Waals surface area contributed by atoms with Crippen molar-refractivity contribution in [1.82, 2.24) is 9.79 Å². The molecule has 0 radical (unpaired) electrons. The van der Waals surface area contributed by atoms with Crippen LogP contribution in [0.25, 0.3) is 0 Å². The zero-order chi connectivity index (χ0) is 19.8. The maximum Gasteiger partial charge on any atom is 0.347 e. The van der Waals surface area contributed by atoms with Gasteiger partial charge in [-0.15, -0.1) is 0 Å². The molecule has 140 valence electrons. The molecule has 0 unspecified atom stereocenters. The monoisotopic (exact) mass is 396 g/mol. The van der Waals surface area contributed by atoms with Crippen molar-refractivity contribution < 1.29 is 36.4 Å². The van der Waals surface area contributed by atoms with Gasteiger partial charge in [0.05, 0.1) is 11.1 Å². The summed E-state index contributed by atoms with van der Waals surface area (Å²) in [7, 11) is -4.72. The van der Waals surface area contributed by atoms with Crippen molar-refractivity contribution in [3.05, 3.63) is 65.2 Å². The van der Waals surface area contributed by atoms with Crippen molar-refractivity contribution in [3.63, 3.8) is 0 Å². The molecular weight excluding hydrogens is 386 g/mol. The lowest BCUT2D eigenvalue weighted by Gasteiger charge is -2.13. The first-order valence-corrected chi connectivity index (χ1v) is 8.83. The summed E-state index contributed by atoms with van der Waals surface area (Å²) in [5.41, 5.74) is 0.0358. The molecule has 0 fully saturated rings. The molecule has 0 saturated heterocycles. The second-order valence-corrected chi connectivity index (χ2v) is 6.99. The van der Waals surface area contributed by atoms with Gasteiger partial charge in [-0.1, -0.05) is 23.3 Å². The molecule has 2 amide bonds. The number of nitrogens with zero attached hydrogens (tertiary/aromatic N) is 1. The molecule has 0 saturated carbocycles. The van der Waals surface area contributed by atoms with Crippen LogP contribution in [0.3, 0.4) is 0 Å². The van der Waals surface area contributed by atoms with Crippen LogP contribution in [-0.2, 0) is 19.7 Å². The Balaban J connectivity index is 1.69. The number of benzene rings is 2. The molecule has 2 aromatic rings. The number of rotatable bonds is 5. The third kappa shape index (κ3) is 3.41. The van der Waals surface area contributed by atoms with Gasteiger partial charge in [-0.2, -0.15) is 4.72 Å². The maximum atomic E-state index is 13.6. The molecule has 0 bridgehead atoms. The SMILES string of the molecule is O=C(CNS(=O)(=O)c1c(F)cccc1F)ON1C(=O)c2ccccc2C1=O. The van der Waals surface area contributed by atoms with Gasteiger partial charge in [-0.25, -0.2) is 22.0 Å². The second kappa shape index (κ2) is 6.85. The summed E-state index contributed by atoms with van der Waals surface area (Å²) in [6.07, 6.45) is 0. The van der Waals surface area contributed by atoms with Gasteiger partial charge in [0.1, 0.15) is 18.2 Å². The number of carbonyl (C=O) groups excluding carboxylic acids is 3. The Hall–Kier alpha value is -3.18. The van der Waals surface area contributed by atoms with Crippen molar-refractivity contribution >= 4 is 27.8 Å². The van der Waals surface area contributed by atoms with E-state index in [2.05, 4.69) is 4.84 Å². The Kier molecular flexibility index (Phi) is 4.72. The fourth-order valence-corrected chi connectivity index (χ4v) is 3.45. The van der Waals surface area contributed by atoms with Crippen LogP contribution >= 0.6 is 0 Å². The highest BCUT2D eigenvalue weighted by Crippen LogP contribution is 2.22. The average molecular weight is 396 g/mol. The van der Waals surface area contributed by atoms with Gasteiger partial charge in [0, 0.05) is 0 Å². The molecule has 11 heteroatoms. The van der Waals surface area contributed by atoms with Crippen LogP contribution in [0.5, 0.6) is 0 Å². The van der Waals surface area contributed by atoms with Crippen LogP contribution in [0, 0.1) is 11.6 Å². The quantitative estimate of drug-likeness (QED) is 0.755. The van der Waals surface area contributed by atoms with Crippen molar-refractivity contribution in [3.8, 4) is 0 Å². The summed E-state index contributed by atoms with van der Waals surface area (Å²) >= 11 is 0. The molecule has 0 spiro atoms. The van der Waals surface area contributed by atoms with E-state index in [-0.39, 0.29) is 16.2 Å². The smallest absolute Gasteiger partial charge is 0.328 e. The fraction of sp³-hybridized carbons (Fsp3) is 0.0625. The molecule has 8 nitrogen and oxygen atoms in total. The number of hydroxylamine groups is 2. The number of nitrogens with one attached hydrogen (secondary N) is 1. The van der Waals surface area contributed by atoms with Crippen molar-refractivity contribution in [2.45, 2.75) is 4.90 Å². The fourth-order valence-electron chi connectivity index (χ4n) is 2.35. The Morgan fingerprint density at radius 2 is 1.48 bits per heavy atom. The van der Waals surface area contributed by atoms with Gasteiger partial charge in [0.25, 0.3) is 11.8 Å². The number of carbonyl (C=O) groups is 3. The summed E-state index contributed by atoms with van der Waals surface area (Å²) in [6.45, 7) is -1.07. The van der Waals surface area contributed by atoms with Gasteiger partial charge < -0.3 is 4.84 Å². The summed E-state index contributed by atoms with van der Waals surface area (Å²) in [4.78, 5) is 39.2. The largest absolute Gasteiger partial charge is 0.347 e. The standard InChI is InChI=1S/C16H10F2N2O6S/c17-11-6-3-7-12(18)14(11)27(24,25)19-8-13(21)26-20-15(22)9-4-1-2-5-10(9)16(20)23/h1-7,19H,8H2. The Bertz CT molecular complexity index is 1020. The lowest BCUT2D eigenvalue weighted by atomic mass is 10.1.